The lowest BCUT2D eigenvalue weighted by molar-refractivity contribution is 0.441. The van der Waals surface area contributed by atoms with Gasteiger partial charge in [0.25, 0.3) is 0 Å². The molecule has 4 heteroatoms. The highest BCUT2D eigenvalue weighted by Crippen LogP contribution is 2.20. The van der Waals surface area contributed by atoms with Gasteiger partial charge >= 0.3 is 0 Å². The SMILES string of the molecule is CCc1nc(CSC)nc(O)c1CC. The van der Waals surface area contributed by atoms with Crippen molar-refractivity contribution in [2.24, 2.45) is 0 Å². The fraction of sp³-hybridized carbons (Fsp3) is 0.600. The van der Waals surface area contributed by atoms with Crippen molar-refractivity contribution in [2.75, 3.05) is 6.26 Å². The van der Waals surface area contributed by atoms with Gasteiger partial charge in [-0.1, -0.05) is 13.8 Å². The summed E-state index contributed by atoms with van der Waals surface area (Å²) >= 11 is 1.66. The average Bonchev–Trinajstić information content (AvgIpc) is 2.17. The largest absolute Gasteiger partial charge is 0.493 e. The number of rotatable bonds is 4. The van der Waals surface area contributed by atoms with E-state index in [1.165, 1.54) is 0 Å². The van der Waals surface area contributed by atoms with Gasteiger partial charge in [-0.3, -0.25) is 0 Å². The summed E-state index contributed by atoms with van der Waals surface area (Å²) in [4.78, 5) is 8.49. The Labute approximate surface area is 89.0 Å². The molecule has 0 atom stereocenters. The van der Waals surface area contributed by atoms with E-state index in [0.717, 1.165) is 35.7 Å². The molecule has 0 fully saturated rings. The van der Waals surface area contributed by atoms with E-state index in [2.05, 4.69) is 9.97 Å². The van der Waals surface area contributed by atoms with E-state index in [1.807, 2.05) is 20.1 Å². The summed E-state index contributed by atoms with van der Waals surface area (Å²) in [6.45, 7) is 4.05. The van der Waals surface area contributed by atoms with Crippen LogP contribution in [-0.4, -0.2) is 21.3 Å². The summed E-state index contributed by atoms with van der Waals surface area (Å²) < 4.78 is 0. The predicted molar refractivity (Wildman–Crippen MR) is 59.7 cm³/mol. The minimum absolute atomic E-state index is 0.156. The van der Waals surface area contributed by atoms with Crippen molar-refractivity contribution in [2.45, 2.75) is 32.4 Å². The van der Waals surface area contributed by atoms with Crippen molar-refractivity contribution < 1.29 is 5.11 Å². The predicted octanol–water partition coefficient (Wildman–Crippen LogP) is 2.17. The lowest BCUT2D eigenvalue weighted by Gasteiger charge is -2.08. The fourth-order valence-corrected chi connectivity index (χ4v) is 1.80. The second-order valence-electron chi connectivity index (χ2n) is 3.03. The molecule has 78 valence electrons. The highest BCUT2D eigenvalue weighted by Gasteiger charge is 2.10. The molecule has 0 radical (unpaired) electrons. The third-order valence-corrected chi connectivity index (χ3v) is 2.63. The summed E-state index contributed by atoms with van der Waals surface area (Å²) in [5.41, 5.74) is 1.86. The Morgan fingerprint density at radius 3 is 2.43 bits per heavy atom. The van der Waals surface area contributed by atoms with Crippen LogP contribution in [-0.2, 0) is 18.6 Å². The Kier molecular flexibility index (Phi) is 4.20. The minimum Gasteiger partial charge on any atom is -0.493 e. The number of aryl methyl sites for hydroxylation is 1. The van der Waals surface area contributed by atoms with Gasteiger partial charge in [0.1, 0.15) is 5.82 Å². The zero-order valence-electron chi connectivity index (χ0n) is 8.87. The molecule has 14 heavy (non-hydrogen) atoms. The number of hydrogen-bond acceptors (Lipinski definition) is 4. The summed E-state index contributed by atoms with van der Waals surface area (Å²) in [6, 6.07) is 0. The van der Waals surface area contributed by atoms with Crippen molar-refractivity contribution in [3.8, 4) is 5.88 Å². The molecule has 0 saturated heterocycles. The molecule has 0 aliphatic carbocycles. The second-order valence-corrected chi connectivity index (χ2v) is 3.89. The molecule has 0 saturated carbocycles. The maximum atomic E-state index is 9.67. The standard InChI is InChI=1S/C10H16N2OS/c1-4-7-8(5-2)11-9(6-14-3)12-10(7)13/h4-6H2,1-3H3,(H,11,12,13). The van der Waals surface area contributed by atoms with Crippen LogP contribution in [0, 0.1) is 0 Å². The number of nitrogens with zero attached hydrogens (tertiary/aromatic N) is 2. The summed E-state index contributed by atoms with van der Waals surface area (Å²) in [6.07, 6.45) is 3.63. The summed E-state index contributed by atoms with van der Waals surface area (Å²) in [5.74, 6) is 1.64. The van der Waals surface area contributed by atoms with Crippen molar-refractivity contribution in [3.63, 3.8) is 0 Å². The van der Waals surface area contributed by atoms with Gasteiger partial charge in [-0.05, 0) is 19.1 Å². The van der Waals surface area contributed by atoms with Crippen LogP contribution in [0.1, 0.15) is 30.9 Å². The van der Waals surface area contributed by atoms with Crippen LogP contribution in [0.4, 0.5) is 0 Å². The van der Waals surface area contributed by atoms with Gasteiger partial charge in [0.05, 0.1) is 11.4 Å². The van der Waals surface area contributed by atoms with Crippen molar-refractivity contribution in [1.29, 1.82) is 0 Å². The highest BCUT2D eigenvalue weighted by molar-refractivity contribution is 7.97. The van der Waals surface area contributed by atoms with Crippen LogP contribution in [0.25, 0.3) is 0 Å². The third-order valence-electron chi connectivity index (χ3n) is 2.08. The van der Waals surface area contributed by atoms with Gasteiger partial charge in [0, 0.05) is 5.56 Å². The minimum atomic E-state index is 0.156. The van der Waals surface area contributed by atoms with E-state index >= 15 is 0 Å². The zero-order valence-corrected chi connectivity index (χ0v) is 9.69. The first-order valence-electron chi connectivity index (χ1n) is 4.79. The van der Waals surface area contributed by atoms with Gasteiger partial charge in [0.15, 0.2) is 0 Å². The zero-order chi connectivity index (χ0) is 10.6. The van der Waals surface area contributed by atoms with Crippen LogP contribution in [0.3, 0.4) is 0 Å². The molecule has 1 aromatic rings. The lowest BCUT2D eigenvalue weighted by atomic mass is 10.1. The Hall–Kier alpha value is -0.770. The van der Waals surface area contributed by atoms with Gasteiger partial charge in [0.2, 0.25) is 5.88 Å². The van der Waals surface area contributed by atoms with Crippen LogP contribution >= 0.6 is 11.8 Å². The summed E-state index contributed by atoms with van der Waals surface area (Å²) in [5, 5.41) is 9.67. The van der Waals surface area contributed by atoms with Crippen LogP contribution < -0.4 is 0 Å². The molecule has 0 unspecified atom stereocenters. The molecular weight excluding hydrogens is 196 g/mol. The van der Waals surface area contributed by atoms with Gasteiger partial charge in [-0.15, -0.1) is 0 Å². The number of aromatic nitrogens is 2. The molecule has 1 N–H and O–H groups in total. The molecule has 0 aliphatic rings. The maximum Gasteiger partial charge on any atom is 0.217 e. The molecular formula is C10H16N2OS. The second kappa shape index (κ2) is 5.20. The van der Waals surface area contributed by atoms with E-state index < -0.39 is 0 Å². The monoisotopic (exact) mass is 212 g/mol. The fourth-order valence-electron chi connectivity index (χ4n) is 1.42. The topological polar surface area (TPSA) is 46.0 Å². The molecule has 0 spiro atoms. The maximum absolute atomic E-state index is 9.67. The Balaban J connectivity index is 3.10. The number of aromatic hydroxyl groups is 1. The van der Waals surface area contributed by atoms with Crippen molar-refractivity contribution in [1.82, 2.24) is 9.97 Å². The molecule has 0 amide bonds. The highest BCUT2D eigenvalue weighted by atomic mass is 32.2. The van der Waals surface area contributed by atoms with E-state index in [1.54, 1.807) is 11.8 Å². The molecule has 3 nitrogen and oxygen atoms in total. The normalized spacial score (nSPS) is 10.5. The van der Waals surface area contributed by atoms with Crippen LogP contribution in [0.15, 0.2) is 0 Å². The third kappa shape index (κ3) is 2.38. The Morgan fingerprint density at radius 2 is 1.93 bits per heavy atom. The van der Waals surface area contributed by atoms with Crippen molar-refractivity contribution >= 4 is 11.8 Å². The van der Waals surface area contributed by atoms with Crippen LogP contribution in [0.2, 0.25) is 0 Å². The lowest BCUT2D eigenvalue weighted by Crippen LogP contribution is -2.03. The molecule has 0 aromatic carbocycles. The molecule has 1 aromatic heterocycles. The Morgan fingerprint density at radius 1 is 1.21 bits per heavy atom. The van der Waals surface area contributed by atoms with E-state index in [4.69, 9.17) is 0 Å². The molecule has 0 aliphatic heterocycles. The van der Waals surface area contributed by atoms with E-state index in [0.29, 0.717) is 0 Å². The van der Waals surface area contributed by atoms with Gasteiger partial charge in [-0.25, -0.2) is 4.98 Å². The number of hydrogen-bond donors (Lipinski definition) is 1. The van der Waals surface area contributed by atoms with Gasteiger partial charge < -0.3 is 5.11 Å². The first-order chi connectivity index (χ1) is 6.72. The first-order valence-corrected chi connectivity index (χ1v) is 6.18. The van der Waals surface area contributed by atoms with Gasteiger partial charge in [-0.2, -0.15) is 16.7 Å². The van der Waals surface area contributed by atoms with Crippen molar-refractivity contribution in [3.05, 3.63) is 17.1 Å². The van der Waals surface area contributed by atoms with E-state index in [-0.39, 0.29) is 5.88 Å². The van der Waals surface area contributed by atoms with Crippen LogP contribution in [0.5, 0.6) is 5.88 Å². The average molecular weight is 212 g/mol. The molecule has 0 bridgehead atoms. The summed E-state index contributed by atoms with van der Waals surface area (Å²) in [7, 11) is 0. The quantitative estimate of drug-likeness (QED) is 0.831. The molecule has 1 rings (SSSR count). The van der Waals surface area contributed by atoms with E-state index in [9.17, 15) is 5.11 Å². The smallest absolute Gasteiger partial charge is 0.217 e. The number of thioether (sulfide) groups is 1. The molecule has 1 heterocycles. The first kappa shape index (κ1) is 11.3. The Bertz CT molecular complexity index is 315.